The summed E-state index contributed by atoms with van der Waals surface area (Å²) in [6.07, 6.45) is 0.744. The van der Waals surface area contributed by atoms with Crippen LogP contribution in [-0.4, -0.2) is 42.1 Å². The van der Waals surface area contributed by atoms with Gasteiger partial charge < -0.3 is 15.4 Å². The van der Waals surface area contributed by atoms with Crippen molar-refractivity contribution in [1.82, 2.24) is 4.90 Å². The van der Waals surface area contributed by atoms with Gasteiger partial charge in [0.15, 0.2) is 0 Å². The number of amides is 1. The summed E-state index contributed by atoms with van der Waals surface area (Å²) in [5.41, 5.74) is 7.13. The molecule has 0 bridgehead atoms. The highest BCUT2D eigenvalue weighted by Gasteiger charge is 2.28. The maximum atomic E-state index is 12.3. The minimum absolute atomic E-state index is 0. The van der Waals surface area contributed by atoms with Crippen molar-refractivity contribution in [2.75, 3.05) is 13.1 Å². The van der Waals surface area contributed by atoms with Gasteiger partial charge in [0.2, 0.25) is 5.91 Å². The van der Waals surface area contributed by atoms with Crippen LogP contribution in [0.25, 0.3) is 0 Å². The standard InChI is InChI=1S/C15H22N2O2.ClH/c1-11-9-17(10-12(2)19-11)15(18)14(16)8-13-6-4-3-5-7-13;/h3-7,11-12,14H,8-10,16H2,1-2H3;1H. The van der Waals surface area contributed by atoms with Crippen LogP contribution >= 0.6 is 12.4 Å². The van der Waals surface area contributed by atoms with Crippen molar-refractivity contribution >= 4 is 18.3 Å². The number of nitrogens with two attached hydrogens (primary N) is 1. The average molecular weight is 299 g/mol. The van der Waals surface area contributed by atoms with Crippen LogP contribution in [0.4, 0.5) is 0 Å². The van der Waals surface area contributed by atoms with E-state index in [-0.39, 0.29) is 30.5 Å². The second-order valence-corrected chi connectivity index (χ2v) is 5.30. The molecule has 1 saturated heterocycles. The number of carbonyl (C=O) groups is 1. The predicted octanol–water partition coefficient (Wildman–Crippen LogP) is 1.61. The molecule has 3 unspecified atom stereocenters. The molecule has 1 amide bonds. The van der Waals surface area contributed by atoms with Crippen molar-refractivity contribution in [3.63, 3.8) is 0 Å². The second-order valence-electron chi connectivity index (χ2n) is 5.30. The van der Waals surface area contributed by atoms with Crippen molar-refractivity contribution in [3.8, 4) is 0 Å². The first kappa shape index (κ1) is 17.0. The third-order valence-corrected chi connectivity index (χ3v) is 3.35. The van der Waals surface area contributed by atoms with Gasteiger partial charge in [-0.25, -0.2) is 0 Å². The van der Waals surface area contributed by atoms with Gasteiger partial charge in [-0.1, -0.05) is 30.3 Å². The Kier molecular flexibility index (Phi) is 6.46. The number of halogens is 1. The van der Waals surface area contributed by atoms with E-state index in [2.05, 4.69) is 0 Å². The molecular formula is C15H23ClN2O2. The van der Waals surface area contributed by atoms with Crippen molar-refractivity contribution in [3.05, 3.63) is 35.9 Å². The molecule has 0 saturated carbocycles. The minimum atomic E-state index is -0.472. The molecule has 0 radical (unpaired) electrons. The summed E-state index contributed by atoms with van der Waals surface area (Å²) in [6.45, 7) is 5.23. The molecule has 0 spiro atoms. The quantitative estimate of drug-likeness (QED) is 0.922. The molecule has 0 aromatic heterocycles. The lowest BCUT2D eigenvalue weighted by Gasteiger charge is -2.36. The molecule has 1 fully saturated rings. The normalized spacial score (nSPS) is 23.9. The smallest absolute Gasteiger partial charge is 0.240 e. The van der Waals surface area contributed by atoms with Crippen LogP contribution in [0.3, 0.4) is 0 Å². The van der Waals surface area contributed by atoms with E-state index in [0.717, 1.165) is 5.56 Å². The summed E-state index contributed by atoms with van der Waals surface area (Å²) < 4.78 is 5.63. The highest BCUT2D eigenvalue weighted by molar-refractivity contribution is 5.85. The Balaban J connectivity index is 0.00000200. The van der Waals surface area contributed by atoms with Crippen molar-refractivity contribution < 1.29 is 9.53 Å². The zero-order valence-corrected chi connectivity index (χ0v) is 12.8. The topological polar surface area (TPSA) is 55.6 Å². The van der Waals surface area contributed by atoms with Gasteiger partial charge in [0.25, 0.3) is 0 Å². The van der Waals surface area contributed by atoms with E-state index in [1.165, 1.54) is 0 Å². The van der Waals surface area contributed by atoms with E-state index in [0.29, 0.717) is 19.5 Å². The highest BCUT2D eigenvalue weighted by Crippen LogP contribution is 2.12. The molecule has 5 heteroatoms. The molecule has 1 heterocycles. The van der Waals surface area contributed by atoms with Gasteiger partial charge in [0.1, 0.15) is 0 Å². The number of benzene rings is 1. The van der Waals surface area contributed by atoms with Crippen molar-refractivity contribution in [2.24, 2.45) is 5.73 Å². The van der Waals surface area contributed by atoms with Gasteiger partial charge in [-0.15, -0.1) is 12.4 Å². The average Bonchev–Trinajstić information content (AvgIpc) is 2.37. The molecule has 2 N–H and O–H groups in total. The van der Waals surface area contributed by atoms with Crippen molar-refractivity contribution in [1.29, 1.82) is 0 Å². The minimum Gasteiger partial charge on any atom is -0.372 e. The maximum absolute atomic E-state index is 12.3. The van der Waals surface area contributed by atoms with Crippen LogP contribution < -0.4 is 5.73 Å². The highest BCUT2D eigenvalue weighted by atomic mass is 35.5. The molecular weight excluding hydrogens is 276 g/mol. The molecule has 20 heavy (non-hydrogen) atoms. The molecule has 112 valence electrons. The lowest BCUT2D eigenvalue weighted by molar-refractivity contribution is -0.144. The third-order valence-electron chi connectivity index (χ3n) is 3.35. The summed E-state index contributed by atoms with van der Waals surface area (Å²) in [5, 5.41) is 0. The van der Waals surface area contributed by atoms with Gasteiger partial charge in [-0.3, -0.25) is 4.79 Å². The first-order valence-electron chi connectivity index (χ1n) is 6.80. The first-order chi connectivity index (χ1) is 9.06. The number of nitrogens with zero attached hydrogens (tertiary/aromatic N) is 1. The maximum Gasteiger partial charge on any atom is 0.240 e. The van der Waals surface area contributed by atoms with Crippen LogP contribution in [0, 0.1) is 0 Å². The lowest BCUT2D eigenvalue weighted by atomic mass is 10.0. The van der Waals surface area contributed by atoms with E-state index in [4.69, 9.17) is 10.5 Å². The van der Waals surface area contributed by atoms with Gasteiger partial charge >= 0.3 is 0 Å². The predicted molar refractivity (Wildman–Crippen MR) is 82.0 cm³/mol. The van der Waals surface area contributed by atoms with E-state index in [9.17, 15) is 4.79 Å². The molecule has 0 aliphatic carbocycles. The summed E-state index contributed by atoms with van der Waals surface area (Å²) in [5.74, 6) is 0.0193. The molecule has 1 aromatic carbocycles. The largest absolute Gasteiger partial charge is 0.372 e. The summed E-state index contributed by atoms with van der Waals surface area (Å²) >= 11 is 0. The molecule has 2 rings (SSSR count). The fraction of sp³-hybridized carbons (Fsp3) is 0.533. The summed E-state index contributed by atoms with van der Waals surface area (Å²) in [4.78, 5) is 14.2. The van der Waals surface area contributed by atoms with Crippen LogP contribution in [0.5, 0.6) is 0 Å². The van der Waals surface area contributed by atoms with Crippen LogP contribution in [0.2, 0.25) is 0 Å². The summed E-state index contributed by atoms with van der Waals surface area (Å²) in [7, 11) is 0. The number of hydrogen-bond acceptors (Lipinski definition) is 3. The van der Waals surface area contributed by atoms with Crippen LogP contribution in [0.1, 0.15) is 19.4 Å². The van der Waals surface area contributed by atoms with E-state index >= 15 is 0 Å². The fourth-order valence-corrected chi connectivity index (χ4v) is 2.55. The van der Waals surface area contributed by atoms with Gasteiger partial charge in [0.05, 0.1) is 18.2 Å². The Morgan fingerprint density at radius 2 is 1.85 bits per heavy atom. The first-order valence-corrected chi connectivity index (χ1v) is 6.80. The van der Waals surface area contributed by atoms with Crippen LogP contribution in [-0.2, 0) is 16.0 Å². The van der Waals surface area contributed by atoms with Crippen LogP contribution in [0.15, 0.2) is 30.3 Å². The Hall–Kier alpha value is -1.10. The number of morpholine rings is 1. The Labute approximate surface area is 126 Å². The van der Waals surface area contributed by atoms with Gasteiger partial charge in [-0.05, 0) is 25.8 Å². The fourth-order valence-electron chi connectivity index (χ4n) is 2.55. The summed E-state index contributed by atoms with van der Waals surface area (Å²) in [6, 6.07) is 9.41. The Morgan fingerprint density at radius 3 is 2.40 bits per heavy atom. The molecule has 1 aromatic rings. The monoisotopic (exact) mass is 298 g/mol. The lowest BCUT2D eigenvalue weighted by Crippen LogP contribution is -2.53. The SMILES string of the molecule is CC1CN(C(=O)C(N)Cc2ccccc2)CC(C)O1.Cl. The molecule has 1 aliphatic rings. The van der Waals surface area contributed by atoms with Gasteiger partial charge in [-0.2, -0.15) is 0 Å². The number of hydrogen-bond donors (Lipinski definition) is 1. The number of rotatable bonds is 3. The Morgan fingerprint density at radius 1 is 1.30 bits per heavy atom. The molecule has 1 aliphatic heterocycles. The van der Waals surface area contributed by atoms with E-state index in [1.807, 2.05) is 49.1 Å². The van der Waals surface area contributed by atoms with Crippen molar-refractivity contribution in [2.45, 2.75) is 38.5 Å². The zero-order valence-electron chi connectivity index (χ0n) is 12.0. The third kappa shape index (κ3) is 4.47. The Bertz CT molecular complexity index is 417. The molecule has 3 atom stereocenters. The molecule has 4 nitrogen and oxygen atoms in total. The van der Waals surface area contributed by atoms with Gasteiger partial charge in [0, 0.05) is 13.1 Å². The second kappa shape index (κ2) is 7.62. The zero-order chi connectivity index (χ0) is 13.8. The number of ether oxygens (including phenoxy) is 1. The van der Waals surface area contributed by atoms with E-state index < -0.39 is 6.04 Å². The number of carbonyl (C=O) groups excluding carboxylic acids is 1. The van der Waals surface area contributed by atoms with E-state index in [1.54, 1.807) is 0 Å².